The standard InChI is InChI=1S/C15H14N6/c1-11-9-13(19-12-5-3-2-4-6-12)20-15(18-11)21-14-10-16-7-8-17-14/h2-10H,1H3,(H2,17,18,19,20,21). The summed E-state index contributed by atoms with van der Waals surface area (Å²) in [6.07, 6.45) is 4.85. The summed E-state index contributed by atoms with van der Waals surface area (Å²) in [6.45, 7) is 1.92. The minimum Gasteiger partial charge on any atom is -0.340 e. The summed E-state index contributed by atoms with van der Waals surface area (Å²) in [6, 6.07) is 11.7. The molecular weight excluding hydrogens is 264 g/mol. The van der Waals surface area contributed by atoms with Gasteiger partial charge in [0.2, 0.25) is 5.95 Å². The van der Waals surface area contributed by atoms with Crippen molar-refractivity contribution in [3.8, 4) is 0 Å². The van der Waals surface area contributed by atoms with Crippen LogP contribution in [0.5, 0.6) is 0 Å². The molecule has 0 fully saturated rings. The molecule has 0 saturated heterocycles. The molecule has 0 radical (unpaired) electrons. The fraction of sp³-hybridized carbons (Fsp3) is 0.0667. The van der Waals surface area contributed by atoms with Gasteiger partial charge in [0.1, 0.15) is 5.82 Å². The maximum atomic E-state index is 4.42. The molecule has 0 atom stereocenters. The van der Waals surface area contributed by atoms with Crippen molar-refractivity contribution in [3.63, 3.8) is 0 Å². The fourth-order valence-corrected chi connectivity index (χ4v) is 1.84. The van der Waals surface area contributed by atoms with E-state index in [2.05, 4.69) is 30.6 Å². The number of aromatic nitrogens is 4. The summed E-state index contributed by atoms with van der Waals surface area (Å²) >= 11 is 0. The van der Waals surface area contributed by atoms with E-state index in [1.165, 1.54) is 0 Å². The van der Waals surface area contributed by atoms with Gasteiger partial charge in [-0.05, 0) is 19.1 Å². The molecule has 0 saturated carbocycles. The van der Waals surface area contributed by atoms with Crippen molar-refractivity contribution in [2.75, 3.05) is 10.6 Å². The molecule has 2 aromatic heterocycles. The number of anilines is 4. The topological polar surface area (TPSA) is 75.6 Å². The first kappa shape index (κ1) is 13.0. The van der Waals surface area contributed by atoms with Crippen LogP contribution in [-0.4, -0.2) is 19.9 Å². The van der Waals surface area contributed by atoms with Gasteiger partial charge in [-0.2, -0.15) is 4.98 Å². The van der Waals surface area contributed by atoms with Gasteiger partial charge in [0.15, 0.2) is 5.82 Å². The van der Waals surface area contributed by atoms with Crippen LogP contribution in [0.15, 0.2) is 55.0 Å². The largest absolute Gasteiger partial charge is 0.340 e. The third kappa shape index (κ3) is 3.50. The highest BCUT2D eigenvalue weighted by Gasteiger charge is 2.04. The lowest BCUT2D eigenvalue weighted by Gasteiger charge is -2.09. The number of benzene rings is 1. The van der Waals surface area contributed by atoms with Crippen LogP contribution in [0.1, 0.15) is 5.69 Å². The van der Waals surface area contributed by atoms with E-state index in [0.717, 1.165) is 17.2 Å². The van der Waals surface area contributed by atoms with E-state index in [1.54, 1.807) is 18.6 Å². The Hall–Kier alpha value is -3.02. The smallest absolute Gasteiger partial charge is 0.230 e. The monoisotopic (exact) mass is 278 g/mol. The van der Waals surface area contributed by atoms with Gasteiger partial charge in [-0.1, -0.05) is 18.2 Å². The molecule has 2 heterocycles. The Balaban J connectivity index is 1.83. The molecule has 1 aromatic carbocycles. The number of aryl methyl sites for hydroxylation is 1. The fourth-order valence-electron chi connectivity index (χ4n) is 1.84. The Labute approximate surface area is 122 Å². The van der Waals surface area contributed by atoms with Gasteiger partial charge in [-0.15, -0.1) is 0 Å². The number of nitrogens with zero attached hydrogens (tertiary/aromatic N) is 4. The summed E-state index contributed by atoms with van der Waals surface area (Å²) in [5.74, 6) is 1.81. The lowest BCUT2D eigenvalue weighted by atomic mass is 10.3. The van der Waals surface area contributed by atoms with Crippen LogP contribution in [0.2, 0.25) is 0 Å². The third-order valence-electron chi connectivity index (χ3n) is 2.70. The highest BCUT2D eigenvalue weighted by molar-refractivity contribution is 5.58. The van der Waals surface area contributed by atoms with Crippen molar-refractivity contribution in [3.05, 3.63) is 60.7 Å². The van der Waals surface area contributed by atoms with Crippen molar-refractivity contribution in [1.29, 1.82) is 0 Å². The second-order valence-corrected chi connectivity index (χ2v) is 4.42. The molecule has 104 valence electrons. The Morgan fingerprint density at radius 2 is 1.76 bits per heavy atom. The van der Waals surface area contributed by atoms with Crippen LogP contribution in [0, 0.1) is 6.92 Å². The highest BCUT2D eigenvalue weighted by atomic mass is 15.2. The molecule has 0 aliphatic heterocycles. The number of rotatable bonds is 4. The average molecular weight is 278 g/mol. The molecular formula is C15H14N6. The first-order chi connectivity index (χ1) is 10.3. The van der Waals surface area contributed by atoms with Crippen LogP contribution >= 0.6 is 0 Å². The van der Waals surface area contributed by atoms with Crippen molar-refractivity contribution in [2.45, 2.75) is 6.92 Å². The van der Waals surface area contributed by atoms with Crippen molar-refractivity contribution >= 4 is 23.3 Å². The van der Waals surface area contributed by atoms with Crippen LogP contribution < -0.4 is 10.6 Å². The molecule has 6 nitrogen and oxygen atoms in total. The Kier molecular flexibility index (Phi) is 3.68. The molecule has 2 N–H and O–H groups in total. The molecule has 3 rings (SSSR count). The summed E-state index contributed by atoms with van der Waals surface area (Å²) in [7, 11) is 0. The van der Waals surface area contributed by atoms with E-state index in [9.17, 15) is 0 Å². The number of hydrogen-bond acceptors (Lipinski definition) is 6. The van der Waals surface area contributed by atoms with Crippen LogP contribution in [0.25, 0.3) is 0 Å². The molecule has 3 aromatic rings. The first-order valence-corrected chi connectivity index (χ1v) is 6.50. The number of hydrogen-bond donors (Lipinski definition) is 2. The van der Waals surface area contributed by atoms with Gasteiger partial charge in [-0.3, -0.25) is 4.98 Å². The lowest BCUT2D eigenvalue weighted by molar-refractivity contribution is 1.09. The minimum atomic E-state index is 0.480. The second-order valence-electron chi connectivity index (χ2n) is 4.42. The van der Waals surface area contributed by atoms with Gasteiger partial charge >= 0.3 is 0 Å². The van der Waals surface area contributed by atoms with Gasteiger partial charge < -0.3 is 10.6 Å². The molecule has 0 spiro atoms. The summed E-state index contributed by atoms with van der Waals surface area (Å²) in [4.78, 5) is 16.9. The van der Waals surface area contributed by atoms with Crippen LogP contribution in [0.3, 0.4) is 0 Å². The molecule has 0 aliphatic carbocycles. The Morgan fingerprint density at radius 3 is 2.52 bits per heavy atom. The van der Waals surface area contributed by atoms with E-state index < -0.39 is 0 Å². The Morgan fingerprint density at radius 1 is 0.905 bits per heavy atom. The van der Waals surface area contributed by atoms with Crippen LogP contribution in [-0.2, 0) is 0 Å². The molecule has 21 heavy (non-hydrogen) atoms. The molecule has 0 unspecified atom stereocenters. The molecule has 0 bridgehead atoms. The summed E-state index contributed by atoms with van der Waals surface area (Å²) in [5.41, 5.74) is 1.83. The average Bonchev–Trinajstić information content (AvgIpc) is 2.48. The first-order valence-electron chi connectivity index (χ1n) is 6.50. The van der Waals surface area contributed by atoms with E-state index in [4.69, 9.17) is 0 Å². The van der Waals surface area contributed by atoms with Gasteiger partial charge in [0, 0.05) is 29.8 Å². The van der Waals surface area contributed by atoms with Gasteiger partial charge in [0.05, 0.1) is 6.20 Å². The van der Waals surface area contributed by atoms with Crippen LogP contribution in [0.4, 0.5) is 23.3 Å². The molecule has 6 heteroatoms. The number of nitrogens with one attached hydrogen (secondary N) is 2. The number of para-hydroxylation sites is 1. The zero-order valence-electron chi connectivity index (χ0n) is 11.5. The predicted octanol–water partition coefficient (Wildman–Crippen LogP) is 3.06. The molecule has 0 aliphatic rings. The van der Waals surface area contributed by atoms with E-state index in [0.29, 0.717) is 11.8 Å². The van der Waals surface area contributed by atoms with Crippen molar-refractivity contribution < 1.29 is 0 Å². The normalized spacial score (nSPS) is 10.1. The lowest BCUT2D eigenvalue weighted by Crippen LogP contribution is -2.03. The maximum absolute atomic E-state index is 4.42. The SMILES string of the molecule is Cc1cc(Nc2ccccc2)nc(Nc2cnccn2)n1. The van der Waals surface area contributed by atoms with E-state index >= 15 is 0 Å². The maximum Gasteiger partial charge on any atom is 0.230 e. The van der Waals surface area contributed by atoms with E-state index in [-0.39, 0.29) is 0 Å². The second kappa shape index (κ2) is 5.96. The summed E-state index contributed by atoms with van der Waals surface area (Å²) in [5, 5.41) is 6.28. The van der Waals surface area contributed by atoms with Crippen molar-refractivity contribution in [1.82, 2.24) is 19.9 Å². The minimum absolute atomic E-state index is 0.480. The zero-order valence-corrected chi connectivity index (χ0v) is 11.5. The molecule has 0 amide bonds. The highest BCUT2D eigenvalue weighted by Crippen LogP contribution is 2.17. The van der Waals surface area contributed by atoms with Crippen molar-refractivity contribution in [2.24, 2.45) is 0 Å². The zero-order chi connectivity index (χ0) is 14.5. The Bertz CT molecular complexity index is 655. The van der Waals surface area contributed by atoms with E-state index in [1.807, 2.05) is 43.3 Å². The summed E-state index contributed by atoms with van der Waals surface area (Å²) < 4.78 is 0. The quantitative estimate of drug-likeness (QED) is 0.764. The third-order valence-corrected chi connectivity index (χ3v) is 2.70. The van der Waals surface area contributed by atoms with Gasteiger partial charge in [-0.25, -0.2) is 9.97 Å². The van der Waals surface area contributed by atoms with Gasteiger partial charge in [0.25, 0.3) is 0 Å². The predicted molar refractivity (Wildman–Crippen MR) is 81.8 cm³/mol.